The number of hydrogen-bond donors (Lipinski definition) is 0. The lowest BCUT2D eigenvalue weighted by atomic mass is 9.83. The summed E-state index contributed by atoms with van der Waals surface area (Å²) in [5.74, 6) is 1.29. The SMILES string of the molecule is O=C(c1cc(C2CC2)no1)N1C[C@@H]2C[C@H](C1)c1ccc(CN3CCCC3)c(=O)n1C2. The number of carbonyl (C=O) groups excluding carboxylic acids is 1. The highest BCUT2D eigenvalue weighted by atomic mass is 16.5. The van der Waals surface area contributed by atoms with Crippen molar-refractivity contribution in [2.24, 2.45) is 5.92 Å². The van der Waals surface area contributed by atoms with Crippen LogP contribution in [0.2, 0.25) is 0 Å². The summed E-state index contributed by atoms with van der Waals surface area (Å²) < 4.78 is 7.36. The molecule has 7 heteroatoms. The van der Waals surface area contributed by atoms with Gasteiger partial charge in [-0.25, -0.2) is 0 Å². The van der Waals surface area contributed by atoms with Gasteiger partial charge in [-0.05, 0) is 57.2 Å². The van der Waals surface area contributed by atoms with E-state index in [2.05, 4.69) is 16.1 Å². The molecule has 5 heterocycles. The summed E-state index contributed by atoms with van der Waals surface area (Å²) in [5.41, 5.74) is 3.06. The van der Waals surface area contributed by atoms with Gasteiger partial charge in [0.15, 0.2) is 0 Å². The lowest BCUT2D eigenvalue weighted by Gasteiger charge is -2.42. The van der Waals surface area contributed by atoms with Gasteiger partial charge in [-0.2, -0.15) is 0 Å². The maximum atomic E-state index is 13.2. The van der Waals surface area contributed by atoms with E-state index in [1.54, 1.807) is 0 Å². The van der Waals surface area contributed by atoms with Gasteiger partial charge in [0.25, 0.3) is 11.5 Å². The van der Waals surface area contributed by atoms with Crippen molar-refractivity contribution in [3.05, 3.63) is 51.3 Å². The average Bonchev–Trinajstić information content (AvgIpc) is 3.25. The molecule has 6 rings (SSSR count). The van der Waals surface area contributed by atoms with E-state index in [1.165, 1.54) is 12.8 Å². The second-order valence-electron chi connectivity index (χ2n) is 9.58. The molecule has 2 saturated heterocycles. The van der Waals surface area contributed by atoms with Gasteiger partial charge in [0.1, 0.15) is 0 Å². The van der Waals surface area contributed by atoms with Crippen LogP contribution in [-0.4, -0.2) is 51.6 Å². The van der Waals surface area contributed by atoms with Crippen molar-refractivity contribution in [3.63, 3.8) is 0 Å². The summed E-state index contributed by atoms with van der Waals surface area (Å²) in [5, 5.41) is 4.09. The Morgan fingerprint density at radius 1 is 1.10 bits per heavy atom. The largest absolute Gasteiger partial charge is 0.351 e. The van der Waals surface area contributed by atoms with Gasteiger partial charge >= 0.3 is 0 Å². The highest BCUT2D eigenvalue weighted by Gasteiger charge is 2.38. The zero-order valence-corrected chi connectivity index (χ0v) is 17.3. The molecule has 2 atom stereocenters. The Hall–Kier alpha value is -2.41. The molecule has 0 unspecified atom stereocenters. The molecule has 1 aliphatic carbocycles. The van der Waals surface area contributed by atoms with Crippen molar-refractivity contribution in [1.29, 1.82) is 0 Å². The van der Waals surface area contributed by atoms with Crippen LogP contribution >= 0.6 is 0 Å². The van der Waals surface area contributed by atoms with Crippen LogP contribution in [-0.2, 0) is 13.1 Å². The minimum absolute atomic E-state index is 0.0643. The van der Waals surface area contributed by atoms with Crippen molar-refractivity contribution < 1.29 is 9.32 Å². The molecular formula is C23H28N4O3. The maximum Gasteiger partial charge on any atom is 0.292 e. The molecule has 2 aromatic heterocycles. The number of fused-ring (bicyclic) bond motifs is 4. The third-order valence-corrected chi connectivity index (χ3v) is 7.30. The van der Waals surface area contributed by atoms with Crippen LogP contribution in [0.4, 0.5) is 0 Å². The fraction of sp³-hybridized carbons (Fsp3) is 0.609. The summed E-state index contributed by atoms with van der Waals surface area (Å²) in [6, 6.07) is 5.97. The Bertz CT molecular complexity index is 1030. The molecule has 0 spiro atoms. The van der Waals surface area contributed by atoms with Crippen molar-refractivity contribution in [1.82, 2.24) is 19.5 Å². The van der Waals surface area contributed by atoms with Crippen molar-refractivity contribution >= 4 is 5.91 Å². The van der Waals surface area contributed by atoms with E-state index in [0.717, 1.165) is 55.8 Å². The molecule has 4 aliphatic rings. The number of carbonyl (C=O) groups is 1. The molecule has 0 aromatic carbocycles. The minimum Gasteiger partial charge on any atom is -0.351 e. The molecule has 0 radical (unpaired) electrons. The van der Waals surface area contributed by atoms with Gasteiger partial charge in [-0.15, -0.1) is 0 Å². The molecule has 2 aromatic rings. The highest BCUT2D eigenvalue weighted by Crippen LogP contribution is 2.40. The van der Waals surface area contributed by atoms with Crippen molar-refractivity contribution in [2.45, 2.75) is 57.0 Å². The number of aromatic nitrogens is 2. The van der Waals surface area contributed by atoms with Gasteiger partial charge < -0.3 is 14.0 Å². The second kappa shape index (κ2) is 7.08. The Labute approximate surface area is 175 Å². The number of piperidine rings is 1. The van der Waals surface area contributed by atoms with Gasteiger partial charge in [-0.3, -0.25) is 14.5 Å². The summed E-state index contributed by atoms with van der Waals surface area (Å²) in [6.45, 7) is 4.96. The van der Waals surface area contributed by atoms with Gasteiger partial charge in [0, 0.05) is 55.3 Å². The van der Waals surface area contributed by atoms with Gasteiger partial charge in [0.05, 0.1) is 5.69 Å². The normalized spacial score (nSPS) is 26.1. The monoisotopic (exact) mass is 408 g/mol. The molecule has 3 aliphatic heterocycles. The molecule has 3 fully saturated rings. The number of pyridine rings is 1. The zero-order valence-electron chi connectivity index (χ0n) is 17.3. The van der Waals surface area contributed by atoms with E-state index in [-0.39, 0.29) is 17.4 Å². The summed E-state index contributed by atoms with van der Waals surface area (Å²) in [4.78, 5) is 30.5. The summed E-state index contributed by atoms with van der Waals surface area (Å²) >= 11 is 0. The van der Waals surface area contributed by atoms with Gasteiger partial charge in [0.2, 0.25) is 5.76 Å². The van der Waals surface area contributed by atoms with Crippen molar-refractivity contribution in [2.75, 3.05) is 26.2 Å². The highest BCUT2D eigenvalue weighted by molar-refractivity contribution is 5.91. The first-order valence-electron chi connectivity index (χ1n) is 11.4. The van der Waals surface area contributed by atoms with Crippen LogP contribution in [0.3, 0.4) is 0 Å². The van der Waals surface area contributed by atoms with E-state index in [9.17, 15) is 9.59 Å². The van der Waals surface area contributed by atoms with Gasteiger partial charge in [-0.1, -0.05) is 11.2 Å². The Morgan fingerprint density at radius 3 is 2.73 bits per heavy atom. The Balaban J connectivity index is 1.22. The third-order valence-electron chi connectivity index (χ3n) is 7.30. The van der Waals surface area contributed by atoms with Crippen LogP contribution in [0.15, 0.2) is 27.5 Å². The summed E-state index contributed by atoms with van der Waals surface area (Å²) in [6.07, 6.45) is 5.78. The fourth-order valence-corrected chi connectivity index (χ4v) is 5.58. The smallest absolute Gasteiger partial charge is 0.292 e. The van der Waals surface area contributed by atoms with E-state index < -0.39 is 0 Å². The number of nitrogens with zero attached hydrogens (tertiary/aromatic N) is 4. The van der Waals surface area contributed by atoms with Crippen LogP contribution in [0.1, 0.15) is 71.4 Å². The average molecular weight is 409 g/mol. The summed E-state index contributed by atoms with van der Waals surface area (Å²) in [7, 11) is 0. The van der Waals surface area contributed by atoms with E-state index >= 15 is 0 Å². The topological polar surface area (TPSA) is 71.6 Å². The first-order chi connectivity index (χ1) is 14.7. The predicted octanol–water partition coefficient (Wildman–Crippen LogP) is 2.57. The van der Waals surface area contributed by atoms with E-state index in [1.807, 2.05) is 21.6 Å². The number of amides is 1. The Morgan fingerprint density at radius 2 is 1.93 bits per heavy atom. The van der Waals surface area contributed by atoms with Crippen molar-refractivity contribution in [3.8, 4) is 0 Å². The van der Waals surface area contributed by atoms with Crippen LogP contribution in [0, 0.1) is 5.92 Å². The van der Waals surface area contributed by atoms with Crippen LogP contribution in [0.5, 0.6) is 0 Å². The molecule has 1 amide bonds. The lowest BCUT2D eigenvalue weighted by molar-refractivity contribution is 0.0554. The Kier molecular flexibility index (Phi) is 4.33. The molecule has 7 nitrogen and oxygen atoms in total. The quantitative estimate of drug-likeness (QED) is 0.778. The number of hydrogen-bond acceptors (Lipinski definition) is 5. The predicted molar refractivity (Wildman–Crippen MR) is 110 cm³/mol. The molecule has 158 valence electrons. The molecule has 30 heavy (non-hydrogen) atoms. The maximum absolute atomic E-state index is 13.2. The molecule has 0 N–H and O–H groups in total. The zero-order chi connectivity index (χ0) is 20.2. The standard InChI is InChI=1S/C23H28N4O3/c28-22-17(13-25-7-1-2-8-25)5-6-20-18-9-15(12-27(20)22)11-26(14-18)23(29)21-10-19(24-30-21)16-3-4-16/h5-6,10,15-16,18H,1-4,7-9,11-14H2/t15-,18+/m0/s1. The number of likely N-dealkylation sites (tertiary alicyclic amines) is 2. The van der Waals surface area contributed by atoms with Crippen LogP contribution < -0.4 is 5.56 Å². The molecular weight excluding hydrogens is 380 g/mol. The second-order valence-corrected chi connectivity index (χ2v) is 9.58. The molecule has 1 saturated carbocycles. The van der Waals surface area contributed by atoms with Crippen LogP contribution in [0.25, 0.3) is 0 Å². The fourth-order valence-electron chi connectivity index (χ4n) is 5.58. The minimum atomic E-state index is -0.0643. The molecule has 2 bridgehead atoms. The van der Waals surface area contributed by atoms with E-state index in [0.29, 0.717) is 37.2 Å². The number of rotatable bonds is 4. The third kappa shape index (κ3) is 3.20. The first kappa shape index (κ1) is 18.4. The van der Waals surface area contributed by atoms with E-state index in [4.69, 9.17) is 4.52 Å². The lowest BCUT2D eigenvalue weighted by Crippen LogP contribution is -2.49. The first-order valence-corrected chi connectivity index (χ1v) is 11.4.